The molecule has 1 unspecified atom stereocenters. The molecule has 8 nitrogen and oxygen atoms in total. The Hall–Kier alpha value is -3.39. The van der Waals surface area contributed by atoms with E-state index < -0.39 is 29.5 Å². The zero-order valence-electron chi connectivity index (χ0n) is 22.5. The summed E-state index contributed by atoms with van der Waals surface area (Å²) in [6, 6.07) is 6.96. The van der Waals surface area contributed by atoms with Gasteiger partial charge in [-0.3, -0.25) is 9.59 Å². The number of Topliss-reactive ketones (excluding diaryl/α,β-unsaturated/α-hetero) is 1. The topological polar surface area (TPSA) is 107 Å². The second-order valence-corrected chi connectivity index (χ2v) is 10.8. The number of ketones is 1. The van der Waals surface area contributed by atoms with Crippen LogP contribution in [-0.2, 0) is 19.7 Å². The van der Waals surface area contributed by atoms with Crippen LogP contribution in [0.25, 0.3) is 5.76 Å². The average Bonchev–Trinajstić information content (AvgIpc) is 3.24. The third kappa shape index (κ3) is 5.09. The van der Waals surface area contributed by atoms with Crippen molar-refractivity contribution in [2.45, 2.75) is 52.5 Å². The van der Waals surface area contributed by atoms with Crippen molar-refractivity contribution in [2.75, 3.05) is 34.3 Å². The van der Waals surface area contributed by atoms with Crippen molar-refractivity contribution in [3.05, 3.63) is 63.5 Å². The maximum atomic E-state index is 13.9. The molecule has 2 heterocycles. The highest BCUT2D eigenvalue weighted by Gasteiger charge is 2.44. The molecular weight excluding hydrogens is 458 g/mol. The summed E-state index contributed by atoms with van der Waals surface area (Å²) in [7, 11) is 5.31. The van der Waals surface area contributed by atoms with Gasteiger partial charge < -0.3 is 24.6 Å². The highest BCUT2D eigenvalue weighted by molar-refractivity contribution is 6.46. The maximum Gasteiger partial charge on any atom is 0.354 e. The third-order valence-corrected chi connectivity index (χ3v) is 6.75. The van der Waals surface area contributed by atoms with E-state index in [-0.39, 0.29) is 22.2 Å². The van der Waals surface area contributed by atoms with Gasteiger partial charge in [-0.05, 0) is 41.5 Å². The van der Waals surface area contributed by atoms with E-state index in [4.69, 9.17) is 4.74 Å². The molecule has 1 aromatic heterocycles. The average molecular weight is 496 g/mol. The molecule has 1 amide bonds. The fourth-order valence-corrected chi connectivity index (χ4v) is 4.75. The number of rotatable bonds is 7. The van der Waals surface area contributed by atoms with E-state index in [1.165, 1.54) is 16.9 Å². The number of methoxy groups -OCH3 is 1. The van der Waals surface area contributed by atoms with E-state index in [9.17, 15) is 19.5 Å². The Balaban J connectivity index is 2.18. The van der Waals surface area contributed by atoms with Gasteiger partial charge in [0.25, 0.3) is 5.91 Å². The molecule has 36 heavy (non-hydrogen) atoms. The van der Waals surface area contributed by atoms with E-state index in [2.05, 4.69) is 25.8 Å². The third-order valence-electron chi connectivity index (χ3n) is 6.75. The lowest BCUT2D eigenvalue weighted by molar-refractivity contribution is -0.858. The van der Waals surface area contributed by atoms with Gasteiger partial charge in [-0.2, -0.15) is 0 Å². The van der Waals surface area contributed by atoms with Gasteiger partial charge >= 0.3 is 5.97 Å². The molecule has 8 heteroatoms. The minimum absolute atomic E-state index is 0.0694. The van der Waals surface area contributed by atoms with Crippen molar-refractivity contribution >= 4 is 23.4 Å². The SMILES string of the molecule is COC(=O)c1[nH]c(C)c(C([O-])=C2C(=O)C(=O)N(CCC[NH+](C)C)C2c2ccc(C(C)(C)C)cc2)c1C. The first-order chi connectivity index (χ1) is 16.8. The molecule has 1 aromatic carbocycles. The Morgan fingerprint density at radius 1 is 1.14 bits per heavy atom. The van der Waals surface area contributed by atoms with Crippen molar-refractivity contribution < 1.29 is 29.1 Å². The number of carbonyl (C=O) groups is 3. The van der Waals surface area contributed by atoms with Crippen LogP contribution in [0.5, 0.6) is 0 Å². The first-order valence-corrected chi connectivity index (χ1v) is 12.2. The summed E-state index contributed by atoms with van der Waals surface area (Å²) < 4.78 is 4.82. The smallest absolute Gasteiger partial charge is 0.354 e. The maximum absolute atomic E-state index is 13.9. The number of H-pyrrole nitrogens is 1. The molecule has 2 aromatic rings. The fraction of sp³-hybridized carbons (Fsp3) is 0.464. The number of esters is 1. The summed E-state index contributed by atoms with van der Waals surface area (Å²) in [6.07, 6.45) is 0.689. The molecule has 0 radical (unpaired) electrons. The highest BCUT2D eigenvalue weighted by Crippen LogP contribution is 2.40. The zero-order chi connectivity index (χ0) is 26.9. The number of aryl methyl sites for hydroxylation is 1. The molecule has 1 aliphatic rings. The summed E-state index contributed by atoms with van der Waals surface area (Å²) in [5.74, 6) is -2.60. The predicted molar refractivity (Wildman–Crippen MR) is 135 cm³/mol. The van der Waals surface area contributed by atoms with Crippen LogP contribution in [0.15, 0.2) is 29.8 Å². The second kappa shape index (κ2) is 10.3. The van der Waals surface area contributed by atoms with E-state index in [0.29, 0.717) is 29.8 Å². The summed E-state index contributed by atoms with van der Waals surface area (Å²) in [4.78, 5) is 44.3. The van der Waals surface area contributed by atoms with Gasteiger partial charge in [0.1, 0.15) is 5.69 Å². The van der Waals surface area contributed by atoms with Crippen LogP contribution < -0.4 is 10.0 Å². The molecular formula is C28H37N3O5. The van der Waals surface area contributed by atoms with Crippen molar-refractivity contribution in [1.82, 2.24) is 9.88 Å². The zero-order valence-corrected chi connectivity index (χ0v) is 22.5. The number of benzene rings is 1. The van der Waals surface area contributed by atoms with Crippen LogP contribution in [0.2, 0.25) is 0 Å². The largest absolute Gasteiger partial charge is 0.872 e. The number of aromatic amines is 1. The molecule has 1 saturated heterocycles. The number of carbonyl (C=O) groups excluding carboxylic acids is 3. The summed E-state index contributed by atoms with van der Waals surface area (Å²) in [6.45, 7) is 10.8. The number of likely N-dealkylation sites (tertiary alicyclic amines) is 1. The summed E-state index contributed by atoms with van der Waals surface area (Å²) in [5.41, 5.74) is 2.90. The molecule has 194 valence electrons. The van der Waals surface area contributed by atoms with E-state index in [1.807, 2.05) is 38.4 Å². The molecule has 1 aliphatic heterocycles. The minimum atomic E-state index is -0.793. The van der Waals surface area contributed by atoms with Gasteiger partial charge in [0.2, 0.25) is 5.78 Å². The van der Waals surface area contributed by atoms with Gasteiger partial charge in [-0.15, -0.1) is 0 Å². The van der Waals surface area contributed by atoms with Gasteiger partial charge in [-0.25, -0.2) is 4.79 Å². The standard InChI is InChI=1S/C28H37N3O5/c1-16-20(17(2)29-22(16)27(35)36-8)24(32)21-23(18-10-12-19(13-11-18)28(3,4)5)31(26(34)25(21)33)15-9-14-30(6)7/h10-13,23,29,32H,9,14-15H2,1-8H3. The fourth-order valence-electron chi connectivity index (χ4n) is 4.75. The molecule has 0 aliphatic carbocycles. The number of hydrogen-bond donors (Lipinski definition) is 2. The number of ether oxygens (including phenoxy) is 1. The molecule has 0 bridgehead atoms. The van der Waals surface area contributed by atoms with Crippen molar-refractivity contribution in [3.63, 3.8) is 0 Å². The van der Waals surface area contributed by atoms with E-state index in [1.54, 1.807) is 13.8 Å². The van der Waals surface area contributed by atoms with Gasteiger partial charge in [0, 0.05) is 24.2 Å². The number of nitrogens with zero attached hydrogens (tertiary/aromatic N) is 1. The Morgan fingerprint density at radius 3 is 2.28 bits per heavy atom. The Bertz CT molecular complexity index is 1200. The lowest BCUT2D eigenvalue weighted by Gasteiger charge is -2.28. The lowest BCUT2D eigenvalue weighted by Crippen LogP contribution is -3.05. The lowest BCUT2D eigenvalue weighted by atomic mass is 9.85. The van der Waals surface area contributed by atoms with Gasteiger partial charge in [0.15, 0.2) is 0 Å². The number of quaternary nitrogens is 1. The second-order valence-electron chi connectivity index (χ2n) is 10.8. The van der Waals surface area contributed by atoms with Crippen molar-refractivity contribution in [2.24, 2.45) is 0 Å². The van der Waals surface area contributed by atoms with Crippen LogP contribution in [-0.4, -0.2) is 61.8 Å². The van der Waals surface area contributed by atoms with Crippen LogP contribution >= 0.6 is 0 Å². The molecule has 0 spiro atoms. The van der Waals surface area contributed by atoms with Crippen LogP contribution in [0.1, 0.15) is 71.7 Å². The minimum Gasteiger partial charge on any atom is -0.872 e. The normalized spacial score (nSPS) is 17.8. The first kappa shape index (κ1) is 27.2. The first-order valence-electron chi connectivity index (χ1n) is 12.2. The predicted octanol–water partition coefficient (Wildman–Crippen LogP) is 1.47. The monoisotopic (exact) mass is 495 g/mol. The van der Waals surface area contributed by atoms with Gasteiger partial charge in [-0.1, -0.05) is 50.8 Å². The van der Waals surface area contributed by atoms with Crippen LogP contribution in [0, 0.1) is 13.8 Å². The molecule has 1 atom stereocenters. The van der Waals surface area contributed by atoms with E-state index >= 15 is 0 Å². The Morgan fingerprint density at radius 2 is 1.75 bits per heavy atom. The van der Waals surface area contributed by atoms with Crippen LogP contribution in [0.3, 0.4) is 0 Å². The molecule has 0 saturated carbocycles. The van der Waals surface area contributed by atoms with Crippen LogP contribution in [0.4, 0.5) is 0 Å². The number of nitrogens with one attached hydrogen (secondary N) is 2. The number of amides is 1. The summed E-state index contributed by atoms with van der Waals surface area (Å²) >= 11 is 0. The van der Waals surface area contributed by atoms with E-state index in [0.717, 1.165) is 12.1 Å². The van der Waals surface area contributed by atoms with Gasteiger partial charge in [0.05, 0.1) is 33.8 Å². The number of hydrogen-bond acceptors (Lipinski definition) is 5. The summed E-state index contributed by atoms with van der Waals surface area (Å²) in [5, 5.41) is 13.9. The van der Waals surface area contributed by atoms with Crippen molar-refractivity contribution in [1.29, 1.82) is 0 Å². The molecule has 2 N–H and O–H groups in total. The highest BCUT2D eigenvalue weighted by atomic mass is 16.5. The molecule has 1 fully saturated rings. The van der Waals surface area contributed by atoms with Crippen molar-refractivity contribution in [3.8, 4) is 0 Å². The Labute approximate surface area is 212 Å². The molecule has 3 rings (SSSR count). The quantitative estimate of drug-likeness (QED) is 0.262. The number of aromatic nitrogens is 1. The Kier molecular flexibility index (Phi) is 7.79.